The number of nitro benzene ring substituents is 1. The number of nitrogens with one attached hydrogen (secondary N) is 2. The van der Waals surface area contributed by atoms with Gasteiger partial charge in [-0.25, -0.2) is 4.39 Å². The molecule has 0 aromatic heterocycles. The molecule has 2 rings (SSSR count). The summed E-state index contributed by atoms with van der Waals surface area (Å²) in [5.41, 5.74) is -0.801. The molecule has 1 aromatic carbocycles. The Morgan fingerprint density at radius 3 is 2.90 bits per heavy atom. The monoisotopic (exact) mass is 285 g/mol. The molecule has 1 heterocycles. The van der Waals surface area contributed by atoms with Crippen LogP contribution in [-0.4, -0.2) is 24.6 Å². The Labute approximate surface area is 115 Å². The molecule has 0 spiro atoms. The fraction of sp³-hybridized carbons (Fsp3) is 0.538. The Bertz CT molecular complexity index is 491. The number of rotatable bonds is 5. The highest BCUT2D eigenvalue weighted by molar-refractivity contribution is 5.62. The fourth-order valence-corrected chi connectivity index (χ4v) is 2.47. The van der Waals surface area contributed by atoms with Crippen LogP contribution in [0.15, 0.2) is 12.1 Å². The molecule has 0 saturated carbocycles. The van der Waals surface area contributed by atoms with Crippen LogP contribution >= 0.6 is 0 Å². The summed E-state index contributed by atoms with van der Waals surface area (Å²) in [6.45, 7) is 2.39. The molecule has 1 aliphatic rings. The van der Waals surface area contributed by atoms with Crippen molar-refractivity contribution in [1.29, 1.82) is 0 Å². The van der Waals surface area contributed by atoms with Crippen molar-refractivity contribution in [2.75, 3.05) is 25.0 Å². The maximum absolute atomic E-state index is 13.4. The van der Waals surface area contributed by atoms with Crippen LogP contribution in [0.2, 0.25) is 0 Å². The third-order valence-corrected chi connectivity index (χ3v) is 3.48. The molecule has 20 heavy (non-hydrogen) atoms. The van der Waals surface area contributed by atoms with Gasteiger partial charge in [0.15, 0.2) is 0 Å². The van der Waals surface area contributed by atoms with Gasteiger partial charge in [-0.05, 0) is 38.3 Å². The molecule has 0 aliphatic carbocycles. The van der Waals surface area contributed by atoms with Crippen molar-refractivity contribution < 1.29 is 13.7 Å². The normalized spacial score (nSPS) is 18.8. The van der Waals surface area contributed by atoms with Gasteiger partial charge in [0.25, 0.3) is 0 Å². The number of anilines is 1. The van der Waals surface area contributed by atoms with Gasteiger partial charge in [-0.15, -0.1) is 0 Å². The van der Waals surface area contributed by atoms with Crippen LogP contribution in [0, 0.1) is 27.7 Å². The van der Waals surface area contributed by atoms with Crippen molar-refractivity contribution in [3.8, 4) is 0 Å². The van der Waals surface area contributed by atoms with E-state index in [1.807, 2.05) is 0 Å². The zero-order chi connectivity index (χ0) is 14.5. The fourth-order valence-electron chi connectivity index (χ4n) is 2.47. The predicted octanol–water partition coefficient (Wildman–Crippen LogP) is 2.67. The van der Waals surface area contributed by atoms with Crippen molar-refractivity contribution in [2.24, 2.45) is 5.92 Å². The lowest BCUT2D eigenvalue weighted by molar-refractivity contribution is -0.386. The van der Waals surface area contributed by atoms with Crippen LogP contribution in [-0.2, 0) is 0 Å². The van der Waals surface area contributed by atoms with E-state index in [9.17, 15) is 18.9 Å². The second-order valence-electron chi connectivity index (χ2n) is 4.97. The van der Waals surface area contributed by atoms with Gasteiger partial charge in [0.1, 0.15) is 11.5 Å². The van der Waals surface area contributed by atoms with Crippen LogP contribution < -0.4 is 10.6 Å². The molecular formula is C13H17F2N3O2. The Morgan fingerprint density at radius 1 is 1.45 bits per heavy atom. The zero-order valence-corrected chi connectivity index (χ0v) is 11.0. The molecule has 5 nitrogen and oxygen atoms in total. The molecule has 110 valence electrons. The molecule has 1 aromatic rings. The van der Waals surface area contributed by atoms with E-state index in [2.05, 4.69) is 10.6 Å². The first-order chi connectivity index (χ1) is 9.58. The molecular weight excluding hydrogens is 268 g/mol. The summed E-state index contributed by atoms with van der Waals surface area (Å²) >= 11 is 0. The highest BCUT2D eigenvalue weighted by atomic mass is 19.1. The second kappa shape index (κ2) is 6.60. The Kier molecular flexibility index (Phi) is 4.84. The van der Waals surface area contributed by atoms with Gasteiger partial charge in [-0.3, -0.25) is 10.1 Å². The van der Waals surface area contributed by atoms with E-state index in [0.29, 0.717) is 18.5 Å². The van der Waals surface area contributed by atoms with Crippen LogP contribution in [0.1, 0.15) is 19.3 Å². The minimum Gasteiger partial charge on any atom is -0.379 e. The largest absolute Gasteiger partial charge is 0.379 e. The van der Waals surface area contributed by atoms with Crippen LogP contribution in [0.4, 0.5) is 20.2 Å². The van der Waals surface area contributed by atoms with Gasteiger partial charge < -0.3 is 10.6 Å². The number of piperidine rings is 1. The molecule has 0 bridgehead atoms. The third kappa shape index (κ3) is 3.63. The van der Waals surface area contributed by atoms with Crippen LogP contribution in [0.3, 0.4) is 0 Å². The lowest BCUT2D eigenvalue weighted by Crippen LogP contribution is -2.30. The van der Waals surface area contributed by atoms with E-state index in [1.165, 1.54) is 0 Å². The molecule has 1 fully saturated rings. The van der Waals surface area contributed by atoms with Gasteiger partial charge in [0.05, 0.1) is 4.92 Å². The van der Waals surface area contributed by atoms with E-state index < -0.39 is 22.2 Å². The summed E-state index contributed by atoms with van der Waals surface area (Å²) in [5.74, 6) is -1.49. The number of nitrogens with zero attached hydrogens (tertiary/aromatic N) is 1. The Hall–Kier alpha value is -1.76. The van der Waals surface area contributed by atoms with E-state index in [1.54, 1.807) is 0 Å². The van der Waals surface area contributed by atoms with Crippen LogP contribution in [0.5, 0.6) is 0 Å². The summed E-state index contributed by atoms with van der Waals surface area (Å²) in [6.07, 6.45) is 3.02. The van der Waals surface area contributed by atoms with Crippen molar-refractivity contribution >= 4 is 11.4 Å². The molecule has 2 N–H and O–H groups in total. The van der Waals surface area contributed by atoms with Gasteiger partial charge in [0.2, 0.25) is 5.82 Å². The van der Waals surface area contributed by atoms with Crippen molar-refractivity contribution in [3.05, 3.63) is 33.9 Å². The topological polar surface area (TPSA) is 67.2 Å². The molecule has 1 atom stereocenters. The van der Waals surface area contributed by atoms with Crippen molar-refractivity contribution in [1.82, 2.24) is 5.32 Å². The summed E-state index contributed by atoms with van der Waals surface area (Å²) in [7, 11) is 0. The van der Waals surface area contributed by atoms with Crippen molar-refractivity contribution in [2.45, 2.75) is 19.3 Å². The predicted molar refractivity (Wildman–Crippen MR) is 71.7 cm³/mol. The van der Waals surface area contributed by atoms with Crippen LogP contribution in [0.25, 0.3) is 0 Å². The summed E-state index contributed by atoms with van der Waals surface area (Å²) in [5, 5.41) is 16.9. The SMILES string of the molecule is O=[N+]([O-])c1c(F)cc(F)cc1NCCC1CCCNC1. The van der Waals surface area contributed by atoms with E-state index >= 15 is 0 Å². The molecule has 7 heteroatoms. The van der Waals surface area contributed by atoms with Crippen molar-refractivity contribution in [3.63, 3.8) is 0 Å². The lowest BCUT2D eigenvalue weighted by Gasteiger charge is -2.22. The molecule has 1 unspecified atom stereocenters. The van der Waals surface area contributed by atoms with E-state index in [4.69, 9.17) is 0 Å². The maximum atomic E-state index is 13.4. The second-order valence-corrected chi connectivity index (χ2v) is 4.97. The number of nitro groups is 1. The Morgan fingerprint density at radius 2 is 2.25 bits per heavy atom. The maximum Gasteiger partial charge on any atom is 0.327 e. The quantitative estimate of drug-likeness (QED) is 0.644. The standard InChI is InChI=1S/C13H17F2N3O2/c14-10-6-11(15)13(18(19)20)12(7-10)17-5-3-9-2-1-4-16-8-9/h6-7,9,16-17H,1-5,8H2. The summed E-state index contributed by atoms with van der Waals surface area (Å²) in [6, 6.07) is 1.48. The average Bonchev–Trinajstić information content (AvgIpc) is 2.38. The summed E-state index contributed by atoms with van der Waals surface area (Å²) < 4.78 is 26.6. The average molecular weight is 285 g/mol. The van der Waals surface area contributed by atoms with Gasteiger partial charge >= 0.3 is 5.69 Å². The molecule has 0 radical (unpaired) electrons. The zero-order valence-electron chi connectivity index (χ0n) is 11.0. The number of benzene rings is 1. The number of hydrogen-bond acceptors (Lipinski definition) is 4. The lowest BCUT2D eigenvalue weighted by atomic mass is 9.96. The highest BCUT2D eigenvalue weighted by Gasteiger charge is 2.22. The first kappa shape index (κ1) is 14.6. The molecule has 1 aliphatic heterocycles. The smallest absolute Gasteiger partial charge is 0.327 e. The number of halogens is 2. The van der Waals surface area contributed by atoms with Gasteiger partial charge in [-0.2, -0.15) is 4.39 Å². The van der Waals surface area contributed by atoms with E-state index in [0.717, 1.165) is 38.4 Å². The van der Waals surface area contributed by atoms with E-state index in [-0.39, 0.29) is 5.69 Å². The highest BCUT2D eigenvalue weighted by Crippen LogP contribution is 2.29. The Balaban J connectivity index is 1.99. The molecule has 0 amide bonds. The van der Waals surface area contributed by atoms with Gasteiger partial charge in [0, 0.05) is 18.7 Å². The van der Waals surface area contributed by atoms with Gasteiger partial charge in [-0.1, -0.05) is 0 Å². The minimum atomic E-state index is -1.16. The third-order valence-electron chi connectivity index (χ3n) is 3.48. The molecule has 1 saturated heterocycles. The number of hydrogen-bond donors (Lipinski definition) is 2. The summed E-state index contributed by atoms with van der Waals surface area (Å²) in [4.78, 5) is 9.98. The minimum absolute atomic E-state index is 0.101. The first-order valence-corrected chi connectivity index (χ1v) is 6.66. The first-order valence-electron chi connectivity index (χ1n) is 6.66.